The van der Waals surface area contributed by atoms with Crippen LogP contribution in [-0.2, 0) is 14.6 Å². The second-order valence-electron chi connectivity index (χ2n) is 4.64. The Labute approximate surface area is 127 Å². The first-order valence-electron chi connectivity index (χ1n) is 6.17. The maximum absolute atomic E-state index is 12.9. The van der Waals surface area contributed by atoms with Crippen molar-refractivity contribution < 1.29 is 13.2 Å². The van der Waals surface area contributed by atoms with Crippen molar-refractivity contribution in [2.24, 2.45) is 0 Å². The van der Waals surface area contributed by atoms with Crippen molar-refractivity contribution in [2.75, 3.05) is 7.05 Å². The van der Waals surface area contributed by atoms with E-state index in [4.69, 9.17) is 0 Å². The summed E-state index contributed by atoms with van der Waals surface area (Å²) in [5, 5.41) is 6.23. The van der Waals surface area contributed by atoms with Crippen LogP contribution in [0, 0.1) is 13.8 Å². The van der Waals surface area contributed by atoms with Crippen LogP contribution in [0.2, 0.25) is 0 Å². The third kappa shape index (κ3) is 2.96. The van der Waals surface area contributed by atoms with Crippen LogP contribution >= 0.6 is 11.5 Å². The van der Waals surface area contributed by atoms with E-state index in [0.29, 0.717) is 5.56 Å². The molecule has 1 unspecified atom stereocenters. The van der Waals surface area contributed by atoms with Gasteiger partial charge in [0.15, 0.2) is 15.1 Å². The number of likely N-dealkylation sites (N-methyl/N-ethyl adjacent to an activating group) is 1. The molecule has 0 aliphatic heterocycles. The topological polar surface area (TPSA) is 89.0 Å². The highest BCUT2D eigenvalue weighted by Gasteiger charge is 2.37. The molecular formula is C13H15N3O3S2. The van der Waals surface area contributed by atoms with Gasteiger partial charge in [-0.3, -0.25) is 4.79 Å². The lowest BCUT2D eigenvalue weighted by atomic mass is 10.2. The van der Waals surface area contributed by atoms with Gasteiger partial charge in [0.2, 0.25) is 5.91 Å². The Morgan fingerprint density at radius 2 is 2.05 bits per heavy atom. The number of benzene rings is 1. The highest BCUT2D eigenvalue weighted by molar-refractivity contribution is 7.92. The maximum Gasteiger partial charge on any atom is 0.244 e. The van der Waals surface area contributed by atoms with Crippen LogP contribution in [0.3, 0.4) is 0 Å². The third-order valence-electron chi connectivity index (χ3n) is 3.09. The highest BCUT2D eigenvalue weighted by atomic mass is 32.2. The molecule has 1 atom stereocenters. The van der Waals surface area contributed by atoms with E-state index in [0.717, 1.165) is 17.1 Å². The quantitative estimate of drug-likeness (QED) is 0.918. The van der Waals surface area contributed by atoms with E-state index in [1.54, 1.807) is 26.0 Å². The number of nitrogens with zero attached hydrogens (tertiary/aromatic N) is 2. The van der Waals surface area contributed by atoms with Gasteiger partial charge in [0.1, 0.15) is 5.69 Å². The van der Waals surface area contributed by atoms with Crippen LogP contribution < -0.4 is 5.32 Å². The van der Waals surface area contributed by atoms with Crippen LogP contribution in [-0.4, -0.2) is 31.0 Å². The fraction of sp³-hybridized carbons (Fsp3) is 0.308. The van der Waals surface area contributed by atoms with Gasteiger partial charge in [-0.2, -0.15) is 0 Å². The molecule has 2 aromatic rings. The van der Waals surface area contributed by atoms with Gasteiger partial charge in [0, 0.05) is 12.4 Å². The van der Waals surface area contributed by atoms with Gasteiger partial charge in [-0.05, 0) is 42.6 Å². The lowest BCUT2D eigenvalue weighted by Gasteiger charge is -2.16. The first-order chi connectivity index (χ1) is 9.87. The zero-order valence-corrected chi connectivity index (χ0v) is 13.5. The summed E-state index contributed by atoms with van der Waals surface area (Å²) in [6.07, 6.45) is 0. The van der Waals surface area contributed by atoms with Gasteiger partial charge >= 0.3 is 0 Å². The predicted octanol–water partition coefficient (Wildman–Crippen LogP) is 1.42. The highest BCUT2D eigenvalue weighted by Crippen LogP contribution is 2.31. The molecule has 0 fully saturated rings. The number of sulfone groups is 1. The summed E-state index contributed by atoms with van der Waals surface area (Å²) >= 11 is 1.01. The Bertz CT molecular complexity index is 755. The molecular weight excluding hydrogens is 310 g/mol. The van der Waals surface area contributed by atoms with Crippen LogP contribution in [0.5, 0.6) is 0 Å². The van der Waals surface area contributed by atoms with Gasteiger partial charge in [0.05, 0.1) is 4.90 Å². The lowest BCUT2D eigenvalue weighted by Crippen LogP contribution is -2.32. The maximum atomic E-state index is 12.9. The molecule has 1 amide bonds. The van der Waals surface area contributed by atoms with E-state index < -0.39 is 21.0 Å². The van der Waals surface area contributed by atoms with E-state index in [-0.39, 0.29) is 10.6 Å². The van der Waals surface area contributed by atoms with Gasteiger partial charge in [-0.25, -0.2) is 8.42 Å². The number of aromatic nitrogens is 2. The van der Waals surface area contributed by atoms with E-state index in [1.165, 1.54) is 12.4 Å². The molecule has 1 aromatic carbocycles. The van der Waals surface area contributed by atoms with E-state index in [2.05, 4.69) is 14.9 Å². The van der Waals surface area contributed by atoms with Gasteiger partial charge in [0.25, 0.3) is 0 Å². The molecule has 0 saturated carbocycles. The van der Waals surface area contributed by atoms with Crippen molar-refractivity contribution in [3.05, 3.63) is 40.4 Å². The van der Waals surface area contributed by atoms with Gasteiger partial charge in [-0.15, -0.1) is 5.10 Å². The summed E-state index contributed by atoms with van der Waals surface area (Å²) in [4.78, 5) is 12.2. The first kappa shape index (κ1) is 15.6. The Morgan fingerprint density at radius 3 is 2.62 bits per heavy atom. The molecule has 112 valence electrons. The van der Waals surface area contributed by atoms with E-state index in [1.807, 2.05) is 6.07 Å². The molecule has 0 saturated heterocycles. The molecule has 1 aromatic heterocycles. The van der Waals surface area contributed by atoms with Crippen molar-refractivity contribution >= 4 is 27.3 Å². The normalized spacial score (nSPS) is 12.9. The fourth-order valence-corrected chi connectivity index (χ4v) is 4.51. The molecule has 1 heterocycles. The van der Waals surface area contributed by atoms with Crippen LogP contribution in [0.1, 0.15) is 22.1 Å². The molecule has 0 aliphatic rings. The zero-order valence-electron chi connectivity index (χ0n) is 11.8. The number of rotatable bonds is 4. The Kier molecular flexibility index (Phi) is 4.38. The smallest absolute Gasteiger partial charge is 0.244 e. The minimum atomic E-state index is -3.90. The average Bonchev–Trinajstić information content (AvgIpc) is 2.94. The Balaban J connectivity index is 2.63. The second-order valence-corrected chi connectivity index (χ2v) is 7.25. The lowest BCUT2D eigenvalue weighted by molar-refractivity contribution is -0.120. The average molecular weight is 325 g/mol. The van der Waals surface area contributed by atoms with Crippen molar-refractivity contribution in [1.82, 2.24) is 14.9 Å². The van der Waals surface area contributed by atoms with Gasteiger partial charge < -0.3 is 5.32 Å². The number of carbonyl (C=O) groups excluding carboxylic acids is 1. The van der Waals surface area contributed by atoms with Crippen molar-refractivity contribution in [3.8, 4) is 0 Å². The summed E-state index contributed by atoms with van der Waals surface area (Å²) in [6.45, 7) is 3.50. The van der Waals surface area contributed by atoms with E-state index in [9.17, 15) is 13.2 Å². The van der Waals surface area contributed by atoms with Crippen LogP contribution in [0.25, 0.3) is 0 Å². The summed E-state index contributed by atoms with van der Waals surface area (Å²) in [6, 6.07) is 5.12. The summed E-state index contributed by atoms with van der Waals surface area (Å²) < 4.78 is 29.4. The molecule has 2 rings (SSSR count). The summed E-state index contributed by atoms with van der Waals surface area (Å²) in [7, 11) is -2.50. The molecule has 0 spiro atoms. The van der Waals surface area contributed by atoms with Crippen molar-refractivity contribution in [2.45, 2.75) is 24.0 Å². The third-order valence-corrected chi connectivity index (χ3v) is 5.74. The SMILES string of the molecule is CNC(=O)C(c1csnn1)S(=O)(=O)c1cc(C)ccc1C. The summed E-state index contributed by atoms with van der Waals surface area (Å²) in [5.74, 6) is -0.622. The molecule has 0 aliphatic carbocycles. The number of amides is 1. The first-order valence-corrected chi connectivity index (χ1v) is 8.56. The standard InChI is InChI=1S/C13H15N3O3S2/c1-8-4-5-9(2)11(6-8)21(18,19)12(13(17)14-3)10-7-20-16-15-10/h4-7,12H,1-3H3,(H,14,17). The van der Waals surface area contributed by atoms with Crippen molar-refractivity contribution in [1.29, 1.82) is 0 Å². The number of nitrogens with one attached hydrogen (secondary N) is 1. The number of hydrogen-bond acceptors (Lipinski definition) is 6. The Morgan fingerprint density at radius 1 is 1.33 bits per heavy atom. The minimum absolute atomic E-state index is 0.139. The zero-order chi connectivity index (χ0) is 15.6. The number of hydrogen-bond donors (Lipinski definition) is 1. The summed E-state index contributed by atoms with van der Waals surface area (Å²) in [5.41, 5.74) is 1.55. The minimum Gasteiger partial charge on any atom is -0.358 e. The number of aryl methyl sites for hydroxylation is 2. The molecule has 0 bridgehead atoms. The van der Waals surface area contributed by atoms with Crippen LogP contribution in [0.15, 0.2) is 28.5 Å². The Hall–Kier alpha value is -1.80. The molecule has 8 heteroatoms. The monoisotopic (exact) mass is 325 g/mol. The molecule has 0 radical (unpaired) electrons. The van der Waals surface area contributed by atoms with Crippen molar-refractivity contribution in [3.63, 3.8) is 0 Å². The molecule has 6 nitrogen and oxygen atoms in total. The van der Waals surface area contributed by atoms with Crippen LogP contribution in [0.4, 0.5) is 0 Å². The second kappa shape index (κ2) is 5.90. The van der Waals surface area contributed by atoms with E-state index >= 15 is 0 Å². The van der Waals surface area contributed by atoms with Gasteiger partial charge in [-0.1, -0.05) is 16.6 Å². The largest absolute Gasteiger partial charge is 0.358 e. The number of carbonyl (C=O) groups is 1. The molecule has 1 N–H and O–H groups in total. The fourth-order valence-electron chi connectivity index (χ4n) is 1.99. The molecule has 21 heavy (non-hydrogen) atoms. The predicted molar refractivity (Wildman–Crippen MR) is 79.8 cm³/mol.